The number of benzene rings is 1. The molecule has 0 amide bonds. The number of carboxylic acid groups (broad SMARTS) is 1. The van der Waals surface area contributed by atoms with E-state index in [0.29, 0.717) is 12.5 Å². The van der Waals surface area contributed by atoms with Gasteiger partial charge in [0.05, 0.1) is 0 Å². The molecular weight excluding hydrogens is 238 g/mol. The van der Waals surface area contributed by atoms with Crippen molar-refractivity contribution in [3.05, 3.63) is 47.5 Å². The molecule has 0 heterocycles. The van der Waals surface area contributed by atoms with Gasteiger partial charge in [0.25, 0.3) is 0 Å². The van der Waals surface area contributed by atoms with Crippen LogP contribution >= 0.6 is 0 Å². The van der Waals surface area contributed by atoms with Crippen LogP contribution in [-0.2, 0) is 11.2 Å². The molecule has 1 aromatic rings. The molecule has 1 aromatic carbocycles. The number of aliphatic carboxylic acids is 1. The number of rotatable bonds is 8. The molecule has 0 saturated carbocycles. The van der Waals surface area contributed by atoms with Crippen molar-refractivity contribution in [3.63, 3.8) is 0 Å². The fourth-order valence-corrected chi connectivity index (χ4v) is 1.83. The van der Waals surface area contributed by atoms with Gasteiger partial charge in [-0.25, -0.2) is 4.79 Å². The van der Waals surface area contributed by atoms with Gasteiger partial charge in [0.2, 0.25) is 0 Å². The summed E-state index contributed by atoms with van der Waals surface area (Å²) < 4.78 is 0. The summed E-state index contributed by atoms with van der Waals surface area (Å²) in [5, 5.41) is 11.6. The third kappa shape index (κ3) is 6.20. The molecule has 1 atom stereocenters. The molecule has 1 unspecified atom stereocenters. The van der Waals surface area contributed by atoms with E-state index in [1.54, 1.807) is 6.08 Å². The topological polar surface area (TPSA) is 49.3 Å². The van der Waals surface area contributed by atoms with E-state index in [4.69, 9.17) is 5.11 Å². The molecule has 0 aliphatic heterocycles. The highest BCUT2D eigenvalue weighted by molar-refractivity contribution is 5.79. The minimum absolute atomic E-state index is 0.594. The van der Waals surface area contributed by atoms with Crippen molar-refractivity contribution in [1.29, 1.82) is 0 Å². The van der Waals surface area contributed by atoms with Crippen LogP contribution in [0, 0.1) is 0 Å². The fraction of sp³-hybridized carbons (Fsp3) is 0.438. The van der Waals surface area contributed by atoms with Crippen LogP contribution in [0.1, 0.15) is 37.3 Å². The van der Waals surface area contributed by atoms with Gasteiger partial charge in [-0.3, -0.25) is 0 Å². The van der Waals surface area contributed by atoms with E-state index in [1.807, 2.05) is 0 Å². The summed E-state index contributed by atoms with van der Waals surface area (Å²) in [6, 6.07) is 8.76. The van der Waals surface area contributed by atoms with Crippen LogP contribution in [0.4, 0.5) is 0 Å². The second-order valence-corrected chi connectivity index (χ2v) is 4.75. The molecule has 0 aliphatic carbocycles. The van der Waals surface area contributed by atoms with Crippen LogP contribution in [0.2, 0.25) is 0 Å². The molecule has 19 heavy (non-hydrogen) atoms. The maximum Gasteiger partial charge on any atom is 0.328 e. The summed E-state index contributed by atoms with van der Waals surface area (Å²) in [5.74, 6) is -0.282. The summed E-state index contributed by atoms with van der Waals surface area (Å²) in [5.41, 5.74) is 2.70. The summed E-state index contributed by atoms with van der Waals surface area (Å²) in [6.07, 6.45) is 4.90. The maximum absolute atomic E-state index is 10.3. The average molecular weight is 261 g/mol. The molecule has 0 radical (unpaired) electrons. The standard InChI is InChI=1S/C16H23NO2/c1-3-13(2)15-8-6-14(7-9-15)10-12-17-11-4-5-16(18)19/h4-9,13,17H,3,10-12H2,1-2H3,(H,18,19)/b5-4+. The molecule has 1 rings (SSSR count). The van der Waals surface area contributed by atoms with Gasteiger partial charge in [0.15, 0.2) is 0 Å². The van der Waals surface area contributed by atoms with Gasteiger partial charge >= 0.3 is 5.97 Å². The van der Waals surface area contributed by atoms with Crippen LogP contribution < -0.4 is 5.32 Å². The normalized spacial score (nSPS) is 12.7. The monoisotopic (exact) mass is 261 g/mol. The van der Waals surface area contributed by atoms with Crippen molar-refractivity contribution in [2.75, 3.05) is 13.1 Å². The summed E-state index contributed by atoms with van der Waals surface area (Å²) in [7, 11) is 0. The fourth-order valence-electron chi connectivity index (χ4n) is 1.83. The largest absolute Gasteiger partial charge is 0.478 e. The van der Waals surface area contributed by atoms with Crippen molar-refractivity contribution in [1.82, 2.24) is 5.32 Å². The minimum Gasteiger partial charge on any atom is -0.478 e. The predicted molar refractivity (Wildman–Crippen MR) is 78.5 cm³/mol. The van der Waals surface area contributed by atoms with E-state index in [9.17, 15) is 4.79 Å². The highest BCUT2D eigenvalue weighted by Crippen LogP contribution is 2.18. The lowest BCUT2D eigenvalue weighted by Crippen LogP contribution is -2.17. The minimum atomic E-state index is -0.901. The predicted octanol–water partition coefficient (Wildman–Crippen LogP) is 2.97. The van der Waals surface area contributed by atoms with Gasteiger partial charge in [0.1, 0.15) is 0 Å². The number of carbonyl (C=O) groups is 1. The quantitative estimate of drug-likeness (QED) is 0.558. The number of hydrogen-bond donors (Lipinski definition) is 2. The molecule has 0 saturated heterocycles. The van der Waals surface area contributed by atoms with Crippen LogP contribution in [0.3, 0.4) is 0 Å². The molecule has 0 bridgehead atoms. The van der Waals surface area contributed by atoms with Crippen molar-refractivity contribution >= 4 is 5.97 Å². The Kier molecular flexibility index (Phi) is 6.90. The first-order valence-electron chi connectivity index (χ1n) is 6.82. The molecule has 2 N–H and O–H groups in total. The molecule has 0 aromatic heterocycles. The molecule has 3 heteroatoms. The van der Waals surface area contributed by atoms with E-state index in [0.717, 1.165) is 25.5 Å². The van der Waals surface area contributed by atoms with Crippen LogP contribution in [0.5, 0.6) is 0 Å². The number of carboxylic acids is 1. The summed E-state index contributed by atoms with van der Waals surface area (Å²) in [6.45, 7) is 5.89. The van der Waals surface area contributed by atoms with E-state index in [2.05, 4.69) is 43.4 Å². The van der Waals surface area contributed by atoms with Gasteiger partial charge in [-0.05, 0) is 36.4 Å². The molecule has 104 valence electrons. The Hall–Kier alpha value is -1.61. The molecule has 0 fully saturated rings. The lowest BCUT2D eigenvalue weighted by Gasteiger charge is -2.09. The van der Waals surface area contributed by atoms with E-state index < -0.39 is 5.97 Å². The van der Waals surface area contributed by atoms with Gasteiger partial charge in [0, 0.05) is 12.6 Å². The third-order valence-corrected chi connectivity index (χ3v) is 3.27. The first-order valence-corrected chi connectivity index (χ1v) is 6.82. The van der Waals surface area contributed by atoms with Crippen LogP contribution in [0.25, 0.3) is 0 Å². The van der Waals surface area contributed by atoms with Gasteiger partial charge in [-0.2, -0.15) is 0 Å². The van der Waals surface area contributed by atoms with Gasteiger partial charge < -0.3 is 10.4 Å². The molecule has 3 nitrogen and oxygen atoms in total. The Labute approximate surface area is 115 Å². The Morgan fingerprint density at radius 2 is 2.05 bits per heavy atom. The van der Waals surface area contributed by atoms with Crippen LogP contribution in [-0.4, -0.2) is 24.2 Å². The Morgan fingerprint density at radius 3 is 2.63 bits per heavy atom. The number of nitrogens with one attached hydrogen (secondary N) is 1. The van der Waals surface area contributed by atoms with Crippen molar-refractivity contribution in [3.8, 4) is 0 Å². The second-order valence-electron chi connectivity index (χ2n) is 4.75. The van der Waals surface area contributed by atoms with Gasteiger partial charge in [-0.1, -0.05) is 44.2 Å². The Bertz CT molecular complexity index is 409. The maximum atomic E-state index is 10.3. The second kappa shape index (κ2) is 8.48. The zero-order valence-corrected chi connectivity index (χ0v) is 11.7. The first-order chi connectivity index (χ1) is 9.13. The van der Waals surface area contributed by atoms with Crippen molar-refractivity contribution < 1.29 is 9.90 Å². The van der Waals surface area contributed by atoms with Crippen LogP contribution in [0.15, 0.2) is 36.4 Å². The van der Waals surface area contributed by atoms with Crippen molar-refractivity contribution in [2.45, 2.75) is 32.6 Å². The zero-order valence-electron chi connectivity index (χ0n) is 11.7. The van der Waals surface area contributed by atoms with E-state index in [1.165, 1.54) is 11.1 Å². The van der Waals surface area contributed by atoms with Gasteiger partial charge in [-0.15, -0.1) is 0 Å². The Balaban J connectivity index is 2.28. The van der Waals surface area contributed by atoms with E-state index in [-0.39, 0.29) is 0 Å². The van der Waals surface area contributed by atoms with E-state index >= 15 is 0 Å². The summed E-state index contributed by atoms with van der Waals surface area (Å²) >= 11 is 0. The summed E-state index contributed by atoms with van der Waals surface area (Å²) in [4.78, 5) is 10.3. The average Bonchev–Trinajstić information content (AvgIpc) is 2.42. The highest BCUT2D eigenvalue weighted by atomic mass is 16.4. The Morgan fingerprint density at radius 1 is 1.37 bits per heavy atom. The molecule has 0 spiro atoms. The zero-order chi connectivity index (χ0) is 14.1. The van der Waals surface area contributed by atoms with Crippen molar-refractivity contribution in [2.24, 2.45) is 0 Å². The highest BCUT2D eigenvalue weighted by Gasteiger charge is 2.01. The third-order valence-electron chi connectivity index (χ3n) is 3.27. The smallest absolute Gasteiger partial charge is 0.328 e. The molecule has 0 aliphatic rings. The SMILES string of the molecule is CCC(C)c1ccc(CCNC/C=C/C(=O)O)cc1. The number of hydrogen-bond acceptors (Lipinski definition) is 2. The molecular formula is C16H23NO2. The lowest BCUT2D eigenvalue weighted by atomic mass is 9.97. The lowest BCUT2D eigenvalue weighted by molar-refractivity contribution is -0.131. The first kappa shape index (κ1) is 15.4.